The van der Waals surface area contributed by atoms with Crippen LogP contribution in [0, 0.1) is 5.92 Å². The Hall–Kier alpha value is -3.35. The van der Waals surface area contributed by atoms with Gasteiger partial charge in [-0.25, -0.2) is 4.79 Å². The molecular formula is C21H20O7. The maximum Gasteiger partial charge on any atom is 0.334 e. The fourth-order valence-electron chi connectivity index (χ4n) is 3.39. The van der Waals surface area contributed by atoms with Gasteiger partial charge in [-0.05, 0) is 47.9 Å². The van der Waals surface area contributed by atoms with E-state index >= 15 is 0 Å². The molecule has 7 nitrogen and oxygen atoms in total. The first kappa shape index (κ1) is 18.0. The largest absolute Gasteiger partial charge is 0.502 e. The molecule has 2 aromatic rings. The van der Waals surface area contributed by atoms with Gasteiger partial charge in [0.15, 0.2) is 23.0 Å². The Morgan fingerprint density at radius 2 is 1.79 bits per heavy atom. The Morgan fingerprint density at radius 1 is 1.07 bits per heavy atom. The van der Waals surface area contributed by atoms with E-state index in [-0.39, 0.29) is 35.9 Å². The van der Waals surface area contributed by atoms with Crippen molar-refractivity contribution < 1.29 is 33.6 Å². The third-order valence-electron chi connectivity index (χ3n) is 4.83. The number of methoxy groups -OCH3 is 2. The van der Waals surface area contributed by atoms with Gasteiger partial charge < -0.3 is 28.8 Å². The van der Waals surface area contributed by atoms with E-state index in [0.717, 1.165) is 11.3 Å². The van der Waals surface area contributed by atoms with Crippen molar-refractivity contribution in [1.82, 2.24) is 0 Å². The molecule has 2 aromatic carbocycles. The minimum atomic E-state index is -0.350. The summed E-state index contributed by atoms with van der Waals surface area (Å²) in [6.45, 7) is 0.533. The van der Waals surface area contributed by atoms with Gasteiger partial charge in [-0.2, -0.15) is 0 Å². The van der Waals surface area contributed by atoms with Crippen molar-refractivity contribution in [2.24, 2.45) is 5.92 Å². The van der Waals surface area contributed by atoms with Gasteiger partial charge in [-0.15, -0.1) is 0 Å². The first-order chi connectivity index (χ1) is 13.6. The van der Waals surface area contributed by atoms with E-state index < -0.39 is 0 Å². The number of esters is 1. The van der Waals surface area contributed by atoms with Crippen LogP contribution < -0.4 is 18.9 Å². The third-order valence-corrected chi connectivity index (χ3v) is 4.83. The van der Waals surface area contributed by atoms with Crippen molar-refractivity contribution in [3.8, 4) is 28.7 Å². The second-order valence-electron chi connectivity index (χ2n) is 6.56. The molecular weight excluding hydrogens is 364 g/mol. The van der Waals surface area contributed by atoms with Crippen molar-refractivity contribution in [2.75, 3.05) is 27.6 Å². The molecule has 2 heterocycles. The maximum atomic E-state index is 12.3. The van der Waals surface area contributed by atoms with E-state index in [2.05, 4.69) is 0 Å². The van der Waals surface area contributed by atoms with Crippen molar-refractivity contribution in [1.29, 1.82) is 0 Å². The zero-order chi connectivity index (χ0) is 19.7. The van der Waals surface area contributed by atoms with Crippen LogP contribution in [0.4, 0.5) is 0 Å². The van der Waals surface area contributed by atoms with Crippen molar-refractivity contribution >= 4 is 12.0 Å². The summed E-state index contributed by atoms with van der Waals surface area (Å²) in [6.07, 6.45) is 2.37. The van der Waals surface area contributed by atoms with Crippen LogP contribution in [0.2, 0.25) is 0 Å². The van der Waals surface area contributed by atoms with Crippen LogP contribution in [0.1, 0.15) is 11.1 Å². The highest BCUT2D eigenvalue weighted by molar-refractivity contribution is 5.96. The standard InChI is InChI=1S/C21H20O7/c1-24-18-8-13(9-19(25-2)20(18)22)6-15-14(10-26-21(15)23)5-12-3-4-16-17(7-12)28-11-27-16/h3-4,6-9,14,22H,5,10-11H2,1-2H3/b15-6-. The van der Waals surface area contributed by atoms with Crippen LogP contribution in [0.3, 0.4) is 0 Å². The van der Waals surface area contributed by atoms with Gasteiger partial charge in [0.1, 0.15) is 0 Å². The highest BCUT2D eigenvalue weighted by Crippen LogP contribution is 2.39. The van der Waals surface area contributed by atoms with E-state index in [9.17, 15) is 9.90 Å². The first-order valence-corrected chi connectivity index (χ1v) is 8.81. The van der Waals surface area contributed by atoms with E-state index in [0.29, 0.717) is 29.9 Å². The predicted octanol–water partition coefficient (Wildman–Crippen LogP) is 2.94. The average molecular weight is 384 g/mol. The van der Waals surface area contributed by atoms with Gasteiger partial charge in [0, 0.05) is 11.5 Å². The number of fused-ring (bicyclic) bond motifs is 1. The number of carbonyl (C=O) groups excluding carboxylic acids is 1. The molecule has 0 bridgehead atoms. The van der Waals surface area contributed by atoms with Crippen LogP contribution in [-0.4, -0.2) is 38.7 Å². The molecule has 0 aliphatic carbocycles. The Bertz CT molecular complexity index is 923. The zero-order valence-electron chi connectivity index (χ0n) is 15.6. The molecule has 4 rings (SSSR count). The van der Waals surface area contributed by atoms with Crippen molar-refractivity contribution in [3.63, 3.8) is 0 Å². The normalized spacial score (nSPS) is 19.0. The van der Waals surface area contributed by atoms with E-state index in [1.807, 2.05) is 18.2 Å². The van der Waals surface area contributed by atoms with Gasteiger partial charge in [-0.1, -0.05) is 6.07 Å². The minimum Gasteiger partial charge on any atom is -0.502 e. The predicted molar refractivity (Wildman–Crippen MR) is 99.9 cm³/mol. The Labute approximate surface area is 162 Å². The minimum absolute atomic E-state index is 0.0851. The number of benzene rings is 2. The number of carbonyl (C=O) groups is 1. The molecule has 1 N–H and O–H groups in total. The molecule has 1 atom stereocenters. The second kappa shape index (κ2) is 7.34. The van der Waals surface area contributed by atoms with Gasteiger partial charge in [0.05, 0.1) is 20.8 Å². The highest BCUT2D eigenvalue weighted by Gasteiger charge is 2.31. The molecule has 28 heavy (non-hydrogen) atoms. The molecule has 2 aliphatic rings. The molecule has 146 valence electrons. The number of aromatic hydroxyl groups is 1. The number of hydrogen-bond acceptors (Lipinski definition) is 7. The molecule has 0 aromatic heterocycles. The SMILES string of the molecule is COc1cc(/C=C2\C(=O)OCC2Cc2ccc3c(c2)OCO3)cc(OC)c1O. The monoisotopic (exact) mass is 384 g/mol. The average Bonchev–Trinajstić information content (AvgIpc) is 3.30. The summed E-state index contributed by atoms with van der Waals surface area (Å²) in [6, 6.07) is 9.05. The lowest BCUT2D eigenvalue weighted by Crippen LogP contribution is -2.07. The van der Waals surface area contributed by atoms with Crippen LogP contribution in [0.25, 0.3) is 6.08 Å². The Morgan fingerprint density at radius 3 is 2.50 bits per heavy atom. The summed E-state index contributed by atoms with van der Waals surface area (Å²) in [5.74, 6) is 1.44. The summed E-state index contributed by atoms with van der Waals surface area (Å²) in [4.78, 5) is 12.3. The highest BCUT2D eigenvalue weighted by atomic mass is 16.7. The third kappa shape index (κ3) is 3.31. The molecule has 1 saturated heterocycles. The first-order valence-electron chi connectivity index (χ1n) is 8.81. The fraction of sp³-hybridized carbons (Fsp3) is 0.286. The van der Waals surface area contributed by atoms with Gasteiger partial charge in [0.25, 0.3) is 0 Å². The van der Waals surface area contributed by atoms with Crippen LogP contribution in [-0.2, 0) is 16.0 Å². The molecule has 0 radical (unpaired) electrons. The number of ether oxygens (including phenoxy) is 5. The summed E-state index contributed by atoms with van der Waals surface area (Å²) in [5, 5.41) is 10.1. The zero-order valence-corrected chi connectivity index (χ0v) is 15.6. The maximum absolute atomic E-state index is 12.3. The number of rotatable bonds is 5. The molecule has 0 saturated carbocycles. The van der Waals surface area contributed by atoms with Crippen molar-refractivity contribution in [2.45, 2.75) is 6.42 Å². The van der Waals surface area contributed by atoms with Gasteiger partial charge in [-0.3, -0.25) is 0 Å². The summed E-state index contributed by atoms with van der Waals surface area (Å²) >= 11 is 0. The smallest absolute Gasteiger partial charge is 0.334 e. The molecule has 1 unspecified atom stereocenters. The van der Waals surface area contributed by atoms with E-state index in [1.165, 1.54) is 14.2 Å². The van der Waals surface area contributed by atoms with Crippen molar-refractivity contribution in [3.05, 3.63) is 47.0 Å². The van der Waals surface area contributed by atoms with E-state index in [4.69, 9.17) is 23.7 Å². The summed E-state index contributed by atoms with van der Waals surface area (Å²) in [7, 11) is 2.91. The number of phenolic OH excluding ortho intramolecular Hbond substituents is 1. The summed E-state index contributed by atoms with van der Waals surface area (Å²) < 4.78 is 26.4. The topological polar surface area (TPSA) is 83.5 Å². The molecule has 7 heteroatoms. The number of hydrogen-bond donors (Lipinski definition) is 1. The van der Waals surface area contributed by atoms with Gasteiger partial charge in [0.2, 0.25) is 12.5 Å². The molecule has 0 spiro atoms. The Kier molecular flexibility index (Phi) is 4.73. The number of phenols is 1. The lowest BCUT2D eigenvalue weighted by atomic mass is 9.92. The molecule has 1 fully saturated rings. The van der Waals surface area contributed by atoms with E-state index in [1.54, 1.807) is 18.2 Å². The molecule has 2 aliphatic heterocycles. The lowest BCUT2D eigenvalue weighted by molar-refractivity contribution is -0.135. The summed E-state index contributed by atoms with van der Waals surface area (Å²) in [5.41, 5.74) is 2.27. The van der Waals surface area contributed by atoms with Crippen LogP contribution in [0.15, 0.2) is 35.9 Å². The number of cyclic esters (lactones) is 1. The van der Waals surface area contributed by atoms with Gasteiger partial charge >= 0.3 is 5.97 Å². The quantitative estimate of drug-likeness (QED) is 0.627. The second-order valence-corrected chi connectivity index (χ2v) is 6.56. The van der Waals surface area contributed by atoms with Crippen LogP contribution >= 0.6 is 0 Å². The Balaban J connectivity index is 1.63. The van der Waals surface area contributed by atoms with Crippen LogP contribution in [0.5, 0.6) is 28.7 Å². The fourth-order valence-corrected chi connectivity index (χ4v) is 3.39. The lowest BCUT2D eigenvalue weighted by Gasteiger charge is -2.11. The molecule has 0 amide bonds.